The third-order valence-corrected chi connectivity index (χ3v) is 3.40. The molecule has 0 aliphatic heterocycles. The lowest BCUT2D eigenvalue weighted by atomic mass is 9.87. The van der Waals surface area contributed by atoms with Crippen molar-refractivity contribution in [2.45, 2.75) is 47.0 Å². The van der Waals surface area contributed by atoms with E-state index in [-0.39, 0.29) is 11.4 Å². The topological polar surface area (TPSA) is 35.5 Å². The summed E-state index contributed by atoms with van der Waals surface area (Å²) in [6.07, 6.45) is 4.66. The summed E-state index contributed by atoms with van der Waals surface area (Å²) < 4.78 is 10.6. The van der Waals surface area contributed by atoms with Crippen molar-refractivity contribution in [3.8, 4) is 0 Å². The Bertz CT molecular complexity index is 271. The third kappa shape index (κ3) is 5.67. The molecule has 0 amide bonds. The summed E-state index contributed by atoms with van der Waals surface area (Å²) >= 11 is 0. The molecule has 0 radical (unpaired) electrons. The highest BCUT2D eigenvalue weighted by atomic mass is 16.5. The van der Waals surface area contributed by atoms with Crippen LogP contribution in [0.25, 0.3) is 0 Å². The van der Waals surface area contributed by atoms with E-state index in [1.165, 1.54) is 7.11 Å². The quantitative estimate of drug-likeness (QED) is 0.467. The first-order valence-corrected chi connectivity index (χ1v) is 6.58. The molecule has 106 valence electrons. The van der Waals surface area contributed by atoms with Crippen molar-refractivity contribution in [1.82, 2.24) is 0 Å². The van der Waals surface area contributed by atoms with Crippen LogP contribution in [0.2, 0.25) is 0 Å². The number of carbonyl (C=O) groups is 1. The normalized spacial score (nSPS) is 14.9. The lowest BCUT2D eigenvalue weighted by Gasteiger charge is -2.29. The molecule has 0 rings (SSSR count). The Kier molecular flexibility index (Phi) is 7.22. The standard InChI is InChI=1S/C15H28O3/c1-7-9-10-14(3,4)11-18-12-15(5,8-2)13(16)17-6/h7H,1,8-12H2,2-6H3. The van der Waals surface area contributed by atoms with Gasteiger partial charge in [-0.2, -0.15) is 0 Å². The van der Waals surface area contributed by atoms with E-state index in [2.05, 4.69) is 20.4 Å². The molecule has 0 aromatic rings. The molecule has 3 nitrogen and oxygen atoms in total. The van der Waals surface area contributed by atoms with Crippen LogP contribution in [0, 0.1) is 10.8 Å². The lowest BCUT2D eigenvalue weighted by Crippen LogP contribution is -2.35. The Hall–Kier alpha value is -0.830. The number of allylic oxidation sites excluding steroid dienone is 1. The van der Waals surface area contributed by atoms with Gasteiger partial charge in [-0.05, 0) is 31.6 Å². The molecule has 0 aromatic heterocycles. The van der Waals surface area contributed by atoms with Gasteiger partial charge in [-0.1, -0.05) is 26.8 Å². The molecule has 0 aliphatic rings. The van der Waals surface area contributed by atoms with E-state index in [4.69, 9.17) is 9.47 Å². The molecular formula is C15H28O3. The van der Waals surface area contributed by atoms with Gasteiger partial charge in [0.25, 0.3) is 0 Å². The summed E-state index contributed by atoms with van der Waals surface area (Å²) in [5.41, 5.74) is -0.428. The minimum absolute atomic E-state index is 0.110. The molecule has 0 saturated heterocycles. The maximum atomic E-state index is 11.7. The van der Waals surface area contributed by atoms with Crippen molar-refractivity contribution in [3.05, 3.63) is 12.7 Å². The first-order valence-electron chi connectivity index (χ1n) is 6.58. The average molecular weight is 256 g/mol. The van der Waals surface area contributed by atoms with E-state index in [0.717, 1.165) is 12.8 Å². The number of methoxy groups -OCH3 is 1. The second kappa shape index (κ2) is 7.57. The summed E-state index contributed by atoms with van der Waals surface area (Å²) in [6, 6.07) is 0. The Morgan fingerprint density at radius 2 is 1.89 bits per heavy atom. The first kappa shape index (κ1) is 17.2. The predicted octanol–water partition coefficient (Wildman–Crippen LogP) is 3.58. The second-order valence-corrected chi connectivity index (χ2v) is 5.89. The molecule has 0 bridgehead atoms. The van der Waals surface area contributed by atoms with Gasteiger partial charge < -0.3 is 9.47 Å². The lowest BCUT2D eigenvalue weighted by molar-refractivity contribution is -0.156. The van der Waals surface area contributed by atoms with E-state index in [1.54, 1.807) is 0 Å². The van der Waals surface area contributed by atoms with E-state index >= 15 is 0 Å². The minimum Gasteiger partial charge on any atom is -0.469 e. The summed E-state index contributed by atoms with van der Waals surface area (Å²) in [5, 5.41) is 0. The number of hydrogen-bond donors (Lipinski definition) is 0. The van der Waals surface area contributed by atoms with Crippen LogP contribution < -0.4 is 0 Å². The first-order chi connectivity index (χ1) is 8.31. The molecule has 18 heavy (non-hydrogen) atoms. The minimum atomic E-state index is -0.538. The van der Waals surface area contributed by atoms with Crippen molar-refractivity contribution in [3.63, 3.8) is 0 Å². The Labute approximate surface area is 112 Å². The summed E-state index contributed by atoms with van der Waals surface area (Å²) in [5.74, 6) is -0.200. The van der Waals surface area contributed by atoms with Crippen molar-refractivity contribution in [2.24, 2.45) is 10.8 Å². The average Bonchev–Trinajstić information content (AvgIpc) is 2.34. The highest BCUT2D eigenvalue weighted by Gasteiger charge is 2.33. The fourth-order valence-electron chi connectivity index (χ4n) is 1.67. The number of esters is 1. The monoisotopic (exact) mass is 256 g/mol. The molecule has 0 heterocycles. The van der Waals surface area contributed by atoms with Gasteiger partial charge >= 0.3 is 5.97 Å². The molecule has 1 unspecified atom stereocenters. The molecule has 0 N–H and O–H groups in total. The van der Waals surface area contributed by atoms with Crippen molar-refractivity contribution < 1.29 is 14.3 Å². The van der Waals surface area contributed by atoms with Gasteiger partial charge in [0.05, 0.1) is 25.7 Å². The zero-order chi connectivity index (χ0) is 14.2. The van der Waals surface area contributed by atoms with Crippen LogP contribution in [0.5, 0.6) is 0 Å². The molecular weight excluding hydrogens is 228 g/mol. The Morgan fingerprint density at radius 3 is 2.33 bits per heavy atom. The molecule has 0 aromatic carbocycles. The highest BCUT2D eigenvalue weighted by Crippen LogP contribution is 2.27. The molecule has 1 atom stereocenters. The van der Waals surface area contributed by atoms with Crippen LogP contribution in [-0.2, 0) is 14.3 Å². The van der Waals surface area contributed by atoms with Crippen LogP contribution >= 0.6 is 0 Å². The van der Waals surface area contributed by atoms with Crippen molar-refractivity contribution in [2.75, 3.05) is 20.3 Å². The summed E-state index contributed by atoms with van der Waals surface area (Å²) in [7, 11) is 1.42. The number of rotatable bonds is 9. The van der Waals surface area contributed by atoms with E-state index in [9.17, 15) is 4.79 Å². The molecule has 0 fully saturated rings. The van der Waals surface area contributed by atoms with Crippen LogP contribution in [0.1, 0.15) is 47.0 Å². The highest BCUT2D eigenvalue weighted by molar-refractivity contribution is 5.76. The molecule has 3 heteroatoms. The van der Waals surface area contributed by atoms with E-state index in [0.29, 0.717) is 19.6 Å². The maximum Gasteiger partial charge on any atom is 0.313 e. The fraction of sp³-hybridized carbons (Fsp3) is 0.800. The van der Waals surface area contributed by atoms with Gasteiger partial charge in [-0.15, -0.1) is 6.58 Å². The number of ether oxygens (including phenoxy) is 2. The van der Waals surface area contributed by atoms with E-state index in [1.807, 2.05) is 19.9 Å². The van der Waals surface area contributed by atoms with Crippen molar-refractivity contribution >= 4 is 5.97 Å². The zero-order valence-electron chi connectivity index (χ0n) is 12.5. The summed E-state index contributed by atoms with van der Waals surface area (Å²) in [6.45, 7) is 13.0. The number of hydrogen-bond acceptors (Lipinski definition) is 3. The molecule has 0 spiro atoms. The molecule has 0 saturated carbocycles. The van der Waals surface area contributed by atoms with Crippen LogP contribution in [-0.4, -0.2) is 26.3 Å². The van der Waals surface area contributed by atoms with Gasteiger partial charge in [0.15, 0.2) is 0 Å². The van der Waals surface area contributed by atoms with Gasteiger partial charge in [0.1, 0.15) is 0 Å². The maximum absolute atomic E-state index is 11.7. The predicted molar refractivity (Wildman–Crippen MR) is 74.4 cm³/mol. The van der Waals surface area contributed by atoms with Crippen LogP contribution in [0.15, 0.2) is 12.7 Å². The molecule has 0 aliphatic carbocycles. The Morgan fingerprint density at radius 1 is 1.28 bits per heavy atom. The fourth-order valence-corrected chi connectivity index (χ4v) is 1.67. The largest absolute Gasteiger partial charge is 0.469 e. The number of carbonyl (C=O) groups excluding carboxylic acids is 1. The SMILES string of the molecule is C=CCCC(C)(C)COCC(C)(CC)C(=O)OC. The van der Waals surface area contributed by atoms with Crippen LogP contribution in [0.3, 0.4) is 0 Å². The third-order valence-electron chi connectivity index (χ3n) is 3.40. The smallest absolute Gasteiger partial charge is 0.313 e. The summed E-state index contributed by atoms with van der Waals surface area (Å²) in [4.78, 5) is 11.7. The van der Waals surface area contributed by atoms with Gasteiger partial charge in [0, 0.05) is 0 Å². The van der Waals surface area contributed by atoms with Gasteiger partial charge in [0.2, 0.25) is 0 Å². The Balaban J connectivity index is 4.22. The second-order valence-electron chi connectivity index (χ2n) is 5.89. The van der Waals surface area contributed by atoms with E-state index < -0.39 is 5.41 Å². The van der Waals surface area contributed by atoms with Crippen LogP contribution in [0.4, 0.5) is 0 Å². The van der Waals surface area contributed by atoms with Crippen molar-refractivity contribution in [1.29, 1.82) is 0 Å². The zero-order valence-corrected chi connectivity index (χ0v) is 12.5. The van der Waals surface area contributed by atoms with Gasteiger partial charge in [-0.25, -0.2) is 0 Å². The van der Waals surface area contributed by atoms with Gasteiger partial charge in [-0.3, -0.25) is 4.79 Å².